The van der Waals surface area contributed by atoms with Crippen LogP contribution in [0.15, 0.2) is 109 Å². The molecule has 2 aliphatic rings. The molecule has 4 aromatic rings. The van der Waals surface area contributed by atoms with Gasteiger partial charge in [-0.2, -0.15) is 0 Å². The topological polar surface area (TPSA) is 55.9 Å². The van der Waals surface area contributed by atoms with Crippen molar-refractivity contribution in [3.8, 4) is 11.1 Å². The second-order valence-electron chi connectivity index (χ2n) is 12.1. The number of halogens is 2. The third kappa shape index (κ3) is 6.58. The molecule has 236 valence electrons. The normalized spacial score (nSPS) is 17.5. The highest BCUT2D eigenvalue weighted by Gasteiger charge is 2.41. The van der Waals surface area contributed by atoms with Gasteiger partial charge >= 0.3 is 0 Å². The van der Waals surface area contributed by atoms with E-state index in [-0.39, 0.29) is 23.9 Å². The van der Waals surface area contributed by atoms with Crippen LogP contribution in [-0.2, 0) is 0 Å². The number of rotatable bonds is 6. The fourth-order valence-electron chi connectivity index (χ4n) is 6.33. The molecule has 2 amide bonds. The lowest BCUT2D eigenvalue weighted by Crippen LogP contribution is -2.40. The van der Waals surface area contributed by atoms with Crippen LogP contribution in [0.2, 0.25) is 0 Å². The Balaban J connectivity index is 1.21. The molecule has 0 aromatic heterocycles. The Bertz CT molecular complexity index is 1730. The second kappa shape index (κ2) is 13.3. The van der Waals surface area contributed by atoms with Gasteiger partial charge in [-0.3, -0.25) is 9.59 Å². The summed E-state index contributed by atoms with van der Waals surface area (Å²) in [6, 6.07) is 31.0. The molecule has 8 heteroatoms. The van der Waals surface area contributed by atoms with Crippen LogP contribution >= 0.6 is 0 Å². The third-order valence-electron chi connectivity index (χ3n) is 8.96. The molecular weight excluding hydrogens is 582 g/mol. The van der Waals surface area contributed by atoms with Gasteiger partial charge in [0.25, 0.3) is 17.7 Å². The first kappa shape index (κ1) is 31.2. The summed E-state index contributed by atoms with van der Waals surface area (Å²) < 4.78 is 31.6. The third-order valence-corrected chi connectivity index (χ3v) is 8.96. The number of carbonyl (C=O) groups is 2. The minimum Gasteiger partial charge on any atom is -0.377 e. The molecule has 0 spiro atoms. The van der Waals surface area contributed by atoms with Gasteiger partial charge in [-0.15, -0.1) is 0 Å². The van der Waals surface area contributed by atoms with Gasteiger partial charge in [-0.25, -0.2) is 8.78 Å². The van der Waals surface area contributed by atoms with Crippen molar-refractivity contribution in [3.05, 3.63) is 126 Å². The van der Waals surface area contributed by atoms with Crippen molar-refractivity contribution < 1.29 is 18.4 Å². The van der Waals surface area contributed by atoms with Crippen LogP contribution in [0, 0.1) is 0 Å². The maximum atomic E-state index is 15.8. The molecule has 0 aliphatic carbocycles. The number of fused-ring (bicyclic) bond motifs is 1. The fourth-order valence-corrected chi connectivity index (χ4v) is 6.33. The molecule has 1 saturated heterocycles. The van der Waals surface area contributed by atoms with E-state index in [1.165, 1.54) is 4.90 Å². The lowest BCUT2D eigenvalue weighted by Gasteiger charge is -2.35. The minimum atomic E-state index is -3.10. The summed E-state index contributed by atoms with van der Waals surface area (Å²) in [6.45, 7) is 1.28. The Morgan fingerprint density at radius 2 is 1.43 bits per heavy atom. The van der Waals surface area contributed by atoms with Crippen molar-refractivity contribution in [2.24, 2.45) is 0 Å². The Kier molecular flexibility index (Phi) is 8.99. The first-order valence-corrected chi connectivity index (χ1v) is 15.7. The summed E-state index contributed by atoms with van der Waals surface area (Å²) in [4.78, 5) is 32.7. The number of piperidine rings is 1. The summed E-state index contributed by atoms with van der Waals surface area (Å²) >= 11 is 0. The summed E-state index contributed by atoms with van der Waals surface area (Å²) in [5.74, 6) is -3.75. The molecule has 6 rings (SSSR count). The highest BCUT2D eigenvalue weighted by Crippen LogP contribution is 2.43. The zero-order chi connectivity index (χ0) is 32.3. The lowest BCUT2D eigenvalue weighted by molar-refractivity contribution is 0.0585. The van der Waals surface area contributed by atoms with Crippen molar-refractivity contribution in [2.45, 2.75) is 31.2 Å². The van der Waals surface area contributed by atoms with Crippen molar-refractivity contribution >= 4 is 28.8 Å². The first-order valence-electron chi connectivity index (χ1n) is 15.7. The van der Waals surface area contributed by atoms with E-state index in [0.717, 1.165) is 24.0 Å². The second-order valence-corrected chi connectivity index (χ2v) is 12.1. The summed E-state index contributed by atoms with van der Waals surface area (Å²) in [7, 11) is 4.10. The molecule has 1 N–H and O–H groups in total. The van der Waals surface area contributed by atoms with E-state index < -0.39 is 12.3 Å². The predicted octanol–water partition coefficient (Wildman–Crippen LogP) is 7.66. The Labute approximate surface area is 268 Å². The van der Waals surface area contributed by atoms with E-state index in [1.807, 2.05) is 53.4 Å². The van der Waals surface area contributed by atoms with Crippen molar-refractivity contribution in [3.63, 3.8) is 0 Å². The van der Waals surface area contributed by atoms with Crippen molar-refractivity contribution in [1.29, 1.82) is 0 Å². The molecule has 0 unspecified atom stereocenters. The van der Waals surface area contributed by atoms with Gasteiger partial charge in [-0.05, 0) is 74.5 Å². The maximum Gasteiger partial charge on any atom is 0.277 e. The smallest absolute Gasteiger partial charge is 0.277 e. The number of likely N-dealkylation sites (tertiary alicyclic amines) is 1. The first-order chi connectivity index (χ1) is 22.2. The van der Waals surface area contributed by atoms with Gasteiger partial charge in [0.15, 0.2) is 0 Å². The Morgan fingerprint density at radius 1 is 0.804 bits per heavy atom. The summed E-state index contributed by atoms with van der Waals surface area (Å²) in [5, 5.41) is 2.93. The molecule has 0 radical (unpaired) electrons. The number of hydrogen-bond donors (Lipinski definition) is 1. The van der Waals surface area contributed by atoms with Crippen LogP contribution in [0.1, 0.15) is 45.5 Å². The van der Waals surface area contributed by atoms with E-state index in [1.54, 1.807) is 60.8 Å². The number of allylic oxidation sites excluding steroid dienone is 1. The van der Waals surface area contributed by atoms with Gasteiger partial charge < -0.3 is 20.0 Å². The molecule has 0 saturated carbocycles. The van der Waals surface area contributed by atoms with Crippen LogP contribution in [0.25, 0.3) is 16.7 Å². The van der Waals surface area contributed by atoms with Crippen molar-refractivity contribution in [2.75, 3.05) is 43.9 Å². The SMILES string of the molecule is CN(C)C1CCN(/C=C2/c3ccccc3N(C(=O)c3ccc(NC(=O)c4ccccc4-c4ccccc4)cc3)CCC2(F)F)CC1. The van der Waals surface area contributed by atoms with Crippen LogP contribution in [0.3, 0.4) is 0 Å². The molecule has 4 aromatic carbocycles. The summed E-state index contributed by atoms with van der Waals surface area (Å²) in [6.07, 6.45) is 2.95. The van der Waals surface area contributed by atoms with Gasteiger partial charge in [-0.1, -0.05) is 66.7 Å². The van der Waals surface area contributed by atoms with Crippen LogP contribution in [0.4, 0.5) is 20.2 Å². The van der Waals surface area contributed by atoms with Gasteiger partial charge in [0.1, 0.15) is 0 Å². The number of nitrogens with one attached hydrogen (secondary N) is 1. The molecule has 0 bridgehead atoms. The zero-order valence-electron chi connectivity index (χ0n) is 26.1. The molecule has 2 heterocycles. The van der Waals surface area contributed by atoms with E-state index in [9.17, 15) is 9.59 Å². The number of alkyl halides is 2. The fraction of sp³-hybridized carbons (Fsp3) is 0.263. The lowest BCUT2D eigenvalue weighted by atomic mass is 9.97. The van der Waals surface area contributed by atoms with E-state index in [4.69, 9.17) is 0 Å². The van der Waals surface area contributed by atoms with E-state index >= 15 is 8.78 Å². The highest BCUT2D eigenvalue weighted by molar-refractivity contribution is 6.10. The Morgan fingerprint density at radius 3 is 2.13 bits per heavy atom. The van der Waals surface area contributed by atoms with Gasteiger partial charge in [0.2, 0.25) is 0 Å². The highest BCUT2D eigenvalue weighted by atomic mass is 19.3. The quantitative estimate of drug-likeness (QED) is 0.241. The average molecular weight is 621 g/mol. The average Bonchev–Trinajstić information content (AvgIpc) is 3.18. The number of hydrogen-bond acceptors (Lipinski definition) is 4. The Hall–Kier alpha value is -4.82. The van der Waals surface area contributed by atoms with Crippen LogP contribution in [-0.4, -0.2) is 67.3 Å². The number of carbonyl (C=O) groups excluding carboxylic acids is 2. The minimum absolute atomic E-state index is 0.0458. The number of amides is 2. The van der Waals surface area contributed by atoms with E-state index in [2.05, 4.69) is 24.3 Å². The van der Waals surface area contributed by atoms with Crippen LogP contribution in [0.5, 0.6) is 0 Å². The predicted molar refractivity (Wildman–Crippen MR) is 180 cm³/mol. The number of benzene rings is 4. The number of nitrogens with zero attached hydrogens (tertiary/aromatic N) is 3. The van der Waals surface area contributed by atoms with Crippen LogP contribution < -0.4 is 10.2 Å². The molecule has 46 heavy (non-hydrogen) atoms. The standard InChI is InChI=1S/C38H38F2N4O2/c1-42(2)30-20-23-43(24-21-30)26-34-33-14-8-9-15-35(33)44(25-22-38(34,39)40)37(46)28-16-18-29(19-17-28)41-36(45)32-13-7-6-12-31(32)27-10-4-3-5-11-27/h3-19,26,30H,20-25H2,1-2H3,(H,41,45)/b34-26-. The molecule has 1 fully saturated rings. The monoisotopic (exact) mass is 620 g/mol. The number of anilines is 2. The molecule has 2 aliphatic heterocycles. The van der Waals surface area contributed by atoms with Gasteiger partial charge in [0.05, 0.1) is 5.69 Å². The molecule has 6 nitrogen and oxygen atoms in total. The van der Waals surface area contributed by atoms with Gasteiger partial charge in [0, 0.05) is 66.2 Å². The molecular formula is C38H38F2N4O2. The van der Waals surface area contributed by atoms with Crippen molar-refractivity contribution in [1.82, 2.24) is 9.80 Å². The zero-order valence-corrected chi connectivity index (χ0v) is 26.1. The molecule has 0 atom stereocenters. The largest absolute Gasteiger partial charge is 0.377 e. The summed E-state index contributed by atoms with van der Waals surface area (Å²) in [5.41, 5.74) is 3.94. The van der Waals surface area contributed by atoms with E-state index in [0.29, 0.717) is 47.2 Å². The number of para-hydroxylation sites is 1. The maximum absolute atomic E-state index is 15.8.